The molecule has 0 unspecified atom stereocenters. The van der Waals surface area contributed by atoms with Crippen molar-refractivity contribution in [2.24, 2.45) is 0 Å². The summed E-state index contributed by atoms with van der Waals surface area (Å²) in [4.78, 5) is 0. The molecule has 0 aliphatic rings. The molecular formula is C19H17FN6S. The Balaban J connectivity index is 1.52. The second-order valence-corrected chi connectivity index (χ2v) is 7.07. The molecule has 0 aliphatic carbocycles. The molecule has 6 nitrogen and oxygen atoms in total. The predicted octanol–water partition coefficient (Wildman–Crippen LogP) is 3.79. The fraction of sp³-hybridized carbons (Fsp3) is 0.105. The first-order valence-electron chi connectivity index (χ1n) is 8.31. The van der Waals surface area contributed by atoms with Crippen molar-refractivity contribution in [3.63, 3.8) is 0 Å². The molecular weight excluding hydrogens is 363 g/mol. The van der Waals surface area contributed by atoms with Crippen LogP contribution < -0.4 is 5.84 Å². The minimum Gasteiger partial charge on any atom is -0.335 e. The average molecular weight is 380 g/mol. The number of aromatic amines is 1. The zero-order chi connectivity index (χ0) is 18.8. The first-order chi connectivity index (χ1) is 13.1. The number of rotatable bonds is 5. The number of thioether (sulfide) groups is 1. The second-order valence-electron chi connectivity index (χ2n) is 6.12. The zero-order valence-electron chi connectivity index (χ0n) is 14.6. The molecule has 4 aromatic rings. The largest absolute Gasteiger partial charge is 0.335 e. The lowest BCUT2D eigenvalue weighted by atomic mass is 10.1. The van der Waals surface area contributed by atoms with Crippen molar-refractivity contribution in [2.45, 2.75) is 17.8 Å². The van der Waals surface area contributed by atoms with Gasteiger partial charge in [-0.05, 0) is 42.8 Å². The van der Waals surface area contributed by atoms with Crippen molar-refractivity contribution < 1.29 is 4.39 Å². The van der Waals surface area contributed by atoms with Crippen molar-refractivity contribution in [1.82, 2.24) is 25.1 Å². The standard InChI is InChI=1S/C19H17FN6S/c1-12-2-4-13(5-3-12)11-27-19-25-24-18(26(19)21)17-10-16(22-23-17)14-6-8-15(20)9-7-14/h2-10H,11,21H2,1H3,(H,22,23). The van der Waals surface area contributed by atoms with Gasteiger partial charge in [0.05, 0.1) is 5.69 Å². The molecule has 2 heterocycles. The van der Waals surface area contributed by atoms with Crippen LogP contribution in [0.1, 0.15) is 11.1 Å². The van der Waals surface area contributed by atoms with Gasteiger partial charge in [-0.1, -0.05) is 41.6 Å². The summed E-state index contributed by atoms with van der Waals surface area (Å²) in [6.07, 6.45) is 0. The molecule has 2 aromatic carbocycles. The van der Waals surface area contributed by atoms with E-state index < -0.39 is 0 Å². The number of nitrogens with two attached hydrogens (primary N) is 1. The van der Waals surface area contributed by atoms with Crippen LogP contribution >= 0.6 is 11.8 Å². The molecule has 0 aliphatic heterocycles. The summed E-state index contributed by atoms with van der Waals surface area (Å²) in [7, 11) is 0. The lowest BCUT2D eigenvalue weighted by molar-refractivity contribution is 0.628. The maximum absolute atomic E-state index is 13.1. The summed E-state index contributed by atoms with van der Waals surface area (Å²) in [5.74, 6) is 7.12. The van der Waals surface area contributed by atoms with Crippen molar-refractivity contribution in [3.8, 4) is 22.8 Å². The summed E-state index contributed by atoms with van der Waals surface area (Å²) in [5, 5.41) is 16.1. The van der Waals surface area contributed by atoms with Crippen molar-refractivity contribution in [3.05, 3.63) is 71.5 Å². The predicted molar refractivity (Wildman–Crippen MR) is 104 cm³/mol. The van der Waals surface area contributed by atoms with Crippen molar-refractivity contribution in [2.75, 3.05) is 5.84 Å². The molecule has 0 spiro atoms. The van der Waals surface area contributed by atoms with Gasteiger partial charge in [0, 0.05) is 11.3 Å². The average Bonchev–Trinajstić information content (AvgIpc) is 3.29. The first kappa shape index (κ1) is 17.3. The molecule has 3 N–H and O–H groups in total. The topological polar surface area (TPSA) is 85.4 Å². The number of benzene rings is 2. The van der Waals surface area contributed by atoms with E-state index in [1.165, 1.54) is 39.7 Å². The number of aromatic nitrogens is 5. The maximum atomic E-state index is 13.1. The second kappa shape index (κ2) is 7.24. The third-order valence-corrected chi connectivity index (χ3v) is 5.13. The van der Waals surface area contributed by atoms with Crippen molar-refractivity contribution >= 4 is 11.8 Å². The number of nitrogens with one attached hydrogen (secondary N) is 1. The molecule has 136 valence electrons. The summed E-state index contributed by atoms with van der Waals surface area (Å²) >= 11 is 1.51. The van der Waals surface area contributed by atoms with Gasteiger partial charge in [-0.3, -0.25) is 5.10 Å². The van der Waals surface area contributed by atoms with Crippen LogP contribution in [-0.2, 0) is 5.75 Å². The number of halogens is 1. The third kappa shape index (κ3) is 3.70. The Bertz CT molecular complexity index is 1050. The van der Waals surface area contributed by atoms with Crippen LogP contribution in [0.2, 0.25) is 0 Å². The number of H-pyrrole nitrogens is 1. The molecule has 0 radical (unpaired) electrons. The van der Waals surface area contributed by atoms with Crippen LogP contribution in [0.3, 0.4) is 0 Å². The van der Waals surface area contributed by atoms with E-state index in [2.05, 4.69) is 51.6 Å². The summed E-state index contributed by atoms with van der Waals surface area (Å²) in [6.45, 7) is 2.06. The lowest BCUT2D eigenvalue weighted by Gasteiger charge is -2.03. The minimum absolute atomic E-state index is 0.286. The van der Waals surface area contributed by atoms with Crippen LogP contribution in [0.25, 0.3) is 22.8 Å². The van der Waals surface area contributed by atoms with Gasteiger partial charge in [0.1, 0.15) is 11.5 Å². The number of hydrogen-bond acceptors (Lipinski definition) is 5. The molecule has 8 heteroatoms. The first-order valence-corrected chi connectivity index (χ1v) is 9.29. The Morgan fingerprint density at radius 1 is 1.07 bits per heavy atom. The van der Waals surface area contributed by atoms with Gasteiger partial charge >= 0.3 is 0 Å². The van der Waals surface area contributed by atoms with Gasteiger partial charge < -0.3 is 5.84 Å². The van der Waals surface area contributed by atoms with E-state index in [0.29, 0.717) is 22.4 Å². The summed E-state index contributed by atoms with van der Waals surface area (Å²) in [6, 6.07) is 16.3. The monoisotopic (exact) mass is 380 g/mol. The fourth-order valence-corrected chi connectivity index (χ4v) is 3.41. The van der Waals surface area contributed by atoms with Crippen LogP contribution in [0.5, 0.6) is 0 Å². The molecule has 0 bridgehead atoms. The number of nitrogen functional groups attached to an aromatic ring is 1. The highest BCUT2D eigenvalue weighted by molar-refractivity contribution is 7.98. The Morgan fingerprint density at radius 3 is 2.56 bits per heavy atom. The molecule has 0 saturated heterocycles. The van der Waals surface area contributed by atoms with E-state index in [0.717, 1.165) is 11.3 Å². The zero-order valence-corrected chi connectivity index (χ0v) is 15.4. The van der Waals surface area contributed by atoms with Crippen LogP contribution in [0.15, 0.2) is 59.8 Å². The smallest absolute Gasteiger partial charge is 0.210 e. The fourth-order valence-electron chi connectivity index (χ4n) is 2.60. The molecule has 0 atom stereocenters. The molecule has 0 amide bonds. The Labute approximate surface area is 159 Å². The highest BCUT2D eigenvalue weighted by atomic mass is 32.2. The van der Waals surface area contributed by atoms with E-state index in [4.69, 9.17) is 5.84 Å². The molecule has 0 saturated carbocycles. The van der Waals surface area contributed by atoms with Gasteiger partial charge in [-0.25, -0.2) is 9.07 Å². The van der Waals surface area contributed by atoms with Gasteiger partial charge in [0.15, 0.2) is 0 Å². The summed E-state index contributed by atoms with van der Waals surface area (Å²) in [5.41, 5.74) is 4.55. The van der Waals surface area contributed by atoms with E-state index in [1.807, 2.05) is 6.07 Å². The van der Waals surface area contributed by atoms with Crippen LogP contribution in [0, 0.1) is 12.7 Å². The summed E-state index contributed by atoms with van der Waals surface area (Å²) < 4.78 is 14.5. The maximum Gasteiger partial charge on any atom is 0.210 e. The van der Waals surface area contributed by atoms with E-state index in [9.17, 15) is 4.39 Å². The third-order valence-electron chi connectivity index (χ3n) is 4.11. The van der Waals surface area contributed by atoms with E-state index in [1.54, 1.807) is 12.1 Å². The van der Waals surface area contributed by atoms with Gasteiger partial charge in [-0.2, -0.15) is 5.10 Å². The Hall–Kier alpha value is -3.13. The highest BCUT2D eigenvalue weighted by Crippen LogP contribution is 2.26. The highest BCUT2D eigenvalue weighted by Gasteiger charge is 2.15. The normalized spacial score (nSPS) is 11.0. The van der Waals surface area contributed by atoms with Crippen LogP contribution in [0.4, 0.5) is 4.39 Å². The van der Waals surface area contributed by atoms with E-state index in [-0.39, 0.29) is 5.82 Å². The number of aryl methyl sites for hydroxylation is 1. The molecule has 27 heavy (non-hydrogen) atoms. The van der Waals surface area contributed by atoms with Gasteiger partial charge in [-0.15, -0.1) is 10.2 Å². The lowest BCUT2D eigenvalue weighted by Crippen LogP contribution is -2.11. The molecule has 4 rings (SSSR count). The SMILES string of the molecule is Cc1ccc(CSc2nnc(-c3cc(-c4ccc(F)cc4)n[nH]3)n2N)cc1. The van der Waals surface area contributed by atoms with Crippen molar-refractivity contribution in [1.29, 1.82) is 0 Å². The number of nitrogens with zero attached hydrogens (tertiary/aromatic N) is 4. The van der Waals surface area contributed by atoms with E-state index >= 15 is 0 Å². The minimum atomic E-state index is -0.286. The Kier molecular flexibility index (Phi) is 4.64. The van der Waals surface area contributed by atoms with Crippen LogP contribution in [-0.4, -0.2) is 25.1 Å². The quantitative estimate of drug-likeness (QED) is 0.406. The number of hydrogen-bond donors (Lipinski definition) is 2. The Morgan fingerprint density at radius 2 is 1.81 bits per heavy atom. The van der Waals surface area contributed by atoms with Gasteiger partial charge in [0.2, 0.25) is 11.0 Å². The molecule has 2 aromatic heterocycles. The molecule has 0 fully saturated rings. The van der Waals surface area contributed by atoms with Gasteiger partial charge in [0.25, 0.3) is 0 Å².